The zero-order valence-corrected chi connectivity index (χ0v) is 13.7. The van der Waals surface area contributed by atoms with Crippen LogP contribution >= 0.6 is 0 Å². The lowest BCUT2D eigenvalue weighted by atomic mass is 10.0. The number of halogens is 3. The lowest BCUT2D eigenvalue weighted by molar-refractivity contribution is -0.144. The number of rotatable bonds is 2. The molecule has 5 rings (SSSR count). The smallest absolute Gasteiger partial charge is 0.449 e. The predicted octanol–water partition coefficient (Wildman–Crippen LogP) is 6.25. The average molecular weight is 368 g/mol. The molecule has 2 aromatic carbocycles. The Morgan fingerprint density at radius 3 is 2.00 bits per heavy atom. The van der Waals surface area contributed by atoms with Crippen molar-refractivity contribution in [3.63, 3.8) is 0 Å². The van der Waals surface area contributed by atoms with E-state index in [4.69, 9.17) is 8.83 Å². The van der Waals surface area contributed by atoms with Crippen molar-refractivity contribution < 1.29 is 22.0 Å². The number of alkyl halides is 3. The minimum absolute atomic E-state index is 0.230. The largest absolute Gasteiger partial charge is 0.464 e. The molecule has 0 atom stereocenters. The average Bonchev–Trinajstić information content (AvgIpc) is 3.37. The van der Waals surface area contributed by atoms with E-state index in [0.29, 0.717) is 28.0 Å². The van der Waals surface area contributed by atoms with Gasteiger partial charge in [-0.2, -0.15) is 13.2 Å². The summed E-state index contributed by atoms with van der Waals surface area (Å²) >= 11 is 0. The van der Waals surface area contributed by atoms with Gasteiger partial charge >= 0.3 is 6.18 Å². The van der Waals surface area contributed by atoms with Crippen molar-refractivity contribution in [3.8, 4) is 22.5 Å². The lowest BCUT2D eigenvalue weighted by Gasteiger charge is -2.04. The van der Waals surface area contributed by atoms with Crippen molar-refractivity contribution in [3.05, 3.63) is 66.9 Å². The van der Waals surface area contributed by atoms with E-state index in [1.54, 1.807) is 48.5 Å². The third-order valence-electron chi connectivity index (χ3n) is 4.44. The van der Waals surface area contributed by atoms with Gasteiger partial charge in [0.2, 0.25) is 5.82 Å². The van der Waals surface area contributed by atoms with E-state index in [9.17, 15) is 13.2 Å². The van der Waals surface area contributed by atoms with Crippen LogP contribution in [0.25, 0.3) is 44.5 Å². The zero-order valence-electron chi connectivity index (χ0n) is 13.7. The Balaban J connectivity index is 1.74. The second kappa shape index (κ2) is 5.51. The molecule has 134 valence electrons. The molecule has 0 spiro atoms. The summed E-state index contributed by atoms with van der Waals surface area (Å²) in [4.78, 5) is 6.30. The zero-order chi connectivity index (χ0) is 18.6. The van der Waals surface area contributed by atoms with Gasteiger partial charge in [-0.05, 0) is 48.5 Å². The van der Waals surface area contributed by atoms with Gasteiger partial charge in [0.05, 0.1) is 23.9 Å². The first kappa shape index (κ1) is 15.7. The van der Waals surface area contributed by atoms with E-state index in [1.165, 1.54) is 12.5 Å². The highest BCUT2D eigenvalue weighted by Crippen LogP contribution is 2.37. The number of nitrogens with one attached hydrogen (secondary N) is 1. The minimum atomic E-state index is -4.58. The van der Waals surface area contributed by atoms with Gasteiger partial charge in [0.1, 0.15) is 11.2 Å². The molecule has 0 aliphatic rings. The van der Waals surface area contributed by atoms with Crippen molar-refractivity contribution >= 4 is 21.9 Å². The number of nitrogens with zero attached hydrogens (tertiary/aromatic N) is 1. The molecule has 0 saturated carbocycles. The first-order valence-electron chi connectivity index (χ1n) is 8.11. The molecule has 0 bridgehead atoms. The Kier molecular flexibility index (Phi) is 3.21. The normalized spacial score (nSPS) is 12.3. The molecule has 3 aromatic heterocycles. The maximum absolute atomic E-state index is 13.3. The van der Waals surface area contributed by atoms with Gasteiger partial charge in [0.15, 0.2) is 0 Å². The van der Waals surface area contributed by atoms with Crippen molar-refractivity contribution in [2.24, 2.45) is 0 Å². The molecule has 27 heavy (non-hydrogen) atoms. The fourth-order valence-electron chi connectivity index (χ4n) is 3.16. The second-order valence-electron chi connectivity index (χ2n) is 6.15. The number of aromatic nitrogens is 2. The Morgan fingerprint density at radius 2 is 1.37 bits per heavy atom. The molecule has 1 N–H and O–H groups in total. The maximum Gasteiger partial charge on any atom is 0.449 e. The predicted molar refractivity (Wildman–Crippen MR) is 94.0 cm³/mol. The molecule has 3 heterocycles. The van der Waals surface area contributed by atoms with Crippen molar-refractivity contribution in [1.29, 1.82) is 0 Å². The minimum Gasteiger partial charge on any atom is -0.464 e. The number of benzene rings is 2. The maximum atomic E-state index is 13.3. The molecule has 5 aromatic rings. The summed E-state index contributed by atoms with van der Waals surface area (Å²) < 4.78 is 50.5. The number of H-pyrrole nitrogens is 1. The van der Waals surface area contributed by atoms with Gasteiger partial charge in [-0.15, -0.1) is 0 Å². The van der Waals surface area contributed by atoms with E-state index in [-0.39, 0.29) is 5.69 Å². The van der Waals surface area contributed by atoms with Crippen molar-refractivity contribution in [1.82, 2.24) is 9.97 Å². The van der Waals surface area contributed by atoms with Crippen LogP contribution in [0.3, 0.4) is 0 Å². The Morgan fingerprint density at radius 1 is 0.778 bits per heavy atom. The molecule has 0 unspecified atom stereocenters. The monoisotopic (exact) mass is 368 g/mol. The van der Waals surface area contributed by atoms with E-state index in [1.807, 2.05) is 0 Å². The standard InChI is InChI=1S/C20H11F3N2O2/c21-20(22,23)19-24-17(13-1-3-15-11(9-13)5-7-26-15)18(25-19)14-2-4-16-12(10-14)6-8-27-16/h1-10H,(H,24,25). The van der Waals surface area contributed by atoms with E-state index < -0.39 is 12.0 Å². The van der Waals surface area contributed by atoms with Crippen LogP contribution in [-0.2, 0) is 6.18 Å². The van der Waals surface area contributed by atoms with Crippen molar-refractivity contribution in [2.45, 2.75) is 6.18 Å². The Bertz CT molecular complexity index is 1190. The fraction of sp³-hybridized carbons (Fsp3) is 0.0500. The van der Waals surface area contributed by atoms with Crippen molar-refractivity contribution in [2.75, 3.05) is 0 Å². The molecular formula is C20H11F3N2O2. The molecular weight excluding hydrogens is 357 g/mol. The fourth-order valence-corrected chi connectivity index (χ4v) is 3.16. The summed E-state index contributed by atoms with van der Waals surface area (Å²) in [5.74, 6) is -1.04. The van der Waals surface area contributed by atoms with Gasteiger partial charge in [-0.25, -0.2) is 4.98 Å². The van der Waals surface area contributed by atoms with Crippen LogP contribution in [0.15, 0.2) is 69.9 Å². The van der Waals surface area contributed by atoms with Crippen LogP contribution < -0.4 is 0 Å². The first-order chi connectivity index (χ1) is 13.0. The third kappa shape index (κ3) is 2.59. The molecule has 0 radical (unpaired) electrons. The highest BCUT2D eigenvalue weighted by molar-refractivity contribution is 5.89. The molecule has 0 aliphatic heterocycles. The van der Waals surface area contributed by atoms with Crippen LogP contribution in [0.5, 0.6) is 0 Å². The van der Waals surface area contributed by atoms with Gasteiger partial charge in [-0.3, -0.25) is 0 Å². The Hall–Kier alpha value is -3.48. The molecule has 0 aliphatic carbocycles. The number of imidazole rings is 1. The number of fused-ring (bicyclic) bond motifs is 2. The summed E-state index contributed by atoms with van der Waals surface area (Å²) in [6, 6.07) is 13.9. The number of hydrogen-bond acceptors (Lipinski definition) is 3. The second-order valence-corrected chi connectivity index (χ2v) is 6.15. The van der Waals surface area contributed by atoms with E-state index in [2.05, 4.69) is 9.97 Å². The van der Waals surface area contributed by atoms with Crippen LogP contribution in [-0.4, -0.2) is 9.97 Å². The van der Waals surface area contributed by atoms with E-state index in [0.717, 1.165) is 10.8 Å². The number of furan rings is 2. The first-order valence-corrected chi connectivity index (χ1v) is 8.11. The summed E-state index contributed by atoms with van der Waals surface area (Å²) in [5.41, 5.74) is 3.01. The highest BCUT2D eigenvalue weighted by atomic mass is 19.4. The SMILES string of the molecule is FC(F)(F)c1nc(-c2ccc3occc3c2)c(-c2ccc3occc3c2)[nH]1. The van der Waals surface area contributed by atoms with E-state index >= 15 is 0 Å². The van der Waals surface area contributed by atoms with Crippen LogP contribution in [0.1, 0.15) is 5.82 Å². The molecule has 7 heteroatoms. The van der Waals surface area contributed by atoms with Crippen LogP contribution in [0, 0.1) is 0 Å². The number of hydrogen-bond donors (Lipinski definition) is 1. The summed E-state index contributed by atoms with van der Waals surface area (Å²) in [5, 5.41) is 1.59. The van der Waals surface area contributed by atoms with Crippen LogP contribution in [0.2, 0.25) is 0 Å². The molecule has 0 amide bonds. The summed E-state index contributed by atoms with van der Waals surface area (Å²) in [6.45, 7) is 0. The lowest BCUT2D eigenvalue weighted by Crippen LogP contribution is -2.07. The van der Waals surface area contributed by atoms with Crippen LogP contribution in [0.4, 0.5) is 13.2 Å². The summed E-state index contributed by atoms with van der Waals surface area (Å²) in [6.07, 6.45) is -1.50. The number of aromatic amines is 1. The quantitative estimate of drug-likeness (QED) is 0.400. The molecule has 0 fully saturated rings. The van der Waals surface area contributed by atoms with Gasteiger partial charge in [-0.1, -0.05) is 0 Å². The molecule has 0 saturated heterocycles. The van der Waals surface area contributed by atoms with Gasteiger partial charge in [0.25, 0.3) is 0 Å². The summed E-state index contributed by atoms with van der Waals surface area (Å²) in [7, 11) is 0. The topological polar surface area (TPSA) is 55.0 Å². The highest BCUT2D eigenvalue weighted by Gasteiger charge is 2.36. The Labute approximate surface area is 150 Å². The third-order valence-corrected chi connectivity index (χ3v) is 4.44. The van der Waals surface area contributed by atoms with Gasteiger partial charge < -0.3 is 13.8 Å². The molecule has 4 nitrogen and oxygen atoms in total. The van der Waals surface area contributed by atoms with Gasteiger partial charge in [0, 0.05) is 21.9 Å².